The molecule has 0 unspecified atom stereocenters. The molecule has 2 spiro atoms. The molecule has 2 N–H and O–H groups in total. The molecule has 3 rings (SSSR count). The summed E-state index contributed by atoms with van der Waals surface area (Å²) >= 11 is 0. The lowest BCUT2D eigenvalue weighted by molar-refractivity contribution is -0.194. The molecule has 0 bridgehead atoms. The Morgan fingerprint density at radius 3 is 2.00 bits per heavy atom. The SMILES string of the molecule is O=C(O)C1CC2(C1)CC1(CC(NC(=O)C(F)(F)F)C1)C2. The highest BCUT2D eigenvalue weighted by molar-refractivity contribution is 5.82. The molecule has 7 heteroatoms. The van der Waals surface area contributed by atoms with Crippen LogP contribution < -0.4 is 5.32 Å². The van der Waals surface area contributed by atoms with Gasteiger partial charge in [0.15, 0.2) is 0 Å². The molecule has 3 aliphatic rings. The average molecular weight is 291 g/mol. The molecule has 0 atom stereocenters. The number of carbonyl (C=O) groups is 2. The van der Waals surface area contributed by atoms with Gasteiger partial charge in [-0.05, 0) is 49.4 Å². The van der Waals surface area contributed by atoms with E-state index in [1.54, 1.807) is 0 Å². The highest BCUT2D eigenvalue weighted by Gasteiger charge is 2.65. The number of hydrogen-bond acceptors (Lipinski definition) is 2. The van der Waals surface area contributed by atoms with Crippen molar-refractivity contribution in [2.24, 2.45) is 16.7 Å². The average Bonchev–Trinajstić information content (AvgIpc) is 2.13. The number of nitrogens with one attached hydrogen (secondary N) is 1. The van der Waals surface area contributed by atoms with Crippen LogP contribution in [0.5, 0.6) is 0 Å². The monoisotopic (exact) mass is 291 g/mol. The van der Waals surface area contributed by atoms with Gasteiger partial charge in [0.1, 0.15) is 0 Å². The Balaban J connectivity index is 1.42. The summed E-state index contributed by atoms with van der Waals surface area (Å²) in [7, 11) is 0. The zero-order valence-electron chi connectivity index (χ0n) is 10.8. The van der Waals surface area contributed by atoms with E-state index >= 15 is 0 Å². The van der Waals surface area contributed by atoms with Crippen LogP contribution in [0.4, 0.5) is 13.2 Å². The van der Waals surface area contributed by atoms with E-state index in [0.717, 1.165) is 12.8 Å². The third kappa shape index (κ3) is 2.07. The topological polar surface area (TPSA) is 66.4 Å². The standard InChI is InChI=1S/C13H16F3NO3/c14-13(15,16)10(20)17-8-3-12(4-8)5-11(6-12)1-7(2-11)9(18)19/h7-8H,1-6H2,(H,17,20)(H,18,19). The lowest BCUT2D eigenvalue weighted by atomic mass is 9.37. The number of carboxylic acid groups (broad SMARTS) is 1. The van der Waals surface area contributed by atoms with Gasteiger partial charge in [-0.25, -0.2) is 0 Å². The van der Waals surface area contributed by atoms with Gasteiger partial charge in [0.05, 0.1) is 5.92 Å². The summed E-state index contributed by atoms with van der Waals surface area (Å²) in [6.07, 6.45) is -0.424. The Kier molecular flexibility index (Phi) is 2.66. The Morgan fingerprint density at radius 2 is 1.55 bits per heavy atom. The van der Waals surface area contributed by atoms with Crippen molar-refractivity contribution < 1.29 is 27.9 Å². The van der Waals surface area contributed by atoms with E-state index in [1.165, 1.54) is 0 Å². The van der Waals surface area contributed by atoms with E-state index in [4.69, 9.17) is 5.11 Å². The molecule has 0 aromatic heterocycles. The van der Waals surface area contributed by atoms with Crippen LogP contribution in [0, 0.1) is 16.7 Å². The third-order valence-corrected chi connectivity index (χ3v) is 5.16. The van der Waals surface area contributed by atoms with Gasteiger partial charge in [0, 0.05) is 6.04 Å². The number of alkyl halides is 3. The van der Waals surface area contributed by atoms with Crippen molar-refractivity contribution in [2.45, 2.75) is 50.7 Å². The van der Waals surface area contributed by atoms with Crippen LogP contribution in [0.2, 0.25) is 0 Å². The summed E-state index contributed by atoms with van der Waals surface area (Å²) in [5.74, 6) is -2.85. The summed E-state index contributed by atoms with van der Waals surface area (Å²) in [5.41, 5.74) is 0.190. The Morgan fingerprint density at radius 1 is 1.05 bits per heavy atom. The van der Waals surface area contributed by atoms with Crippen LogP contribution in [0.25, 0.3) is 0 Å². The van der Waals surface area contributed by atoms with Gasteiger partial charge in [-0.2, -0.15) is 13.2 Å². The first-order valence-corrected chi connectivity index (χ1v) is 6.74. The van der Waals surface area contributed by atoms with Gasteiger partial charge in [0.25, 0.3) is 0 Å². The maximum atomic E-state index is 12.1. The van der Waals surface area contributed by atoms with E-state index in [0.29, 0.717) is 25.7 Å². The molecular formula is C13H16F3NO3. The van der Waals surface area contributed by atoms with Crippen molar-refractivity contribution in [1.29, 1.82) is 0 Å². The fourth-order valence-electron chi connectivity index (χ4n) is 4.63. The number of aliphatic carboxylic acids is 1. The molecule has 0 radical (unpaired) electrons. The lowest BCUT2D eigenvalue weighted by Gasteiger charge is -2.68. The minimum Gasteiger partial charge on any atom is -0.481 e. The van der Waals surface area contributed by atoms with Crippen molar-refractivity contribution in [2.75, 3.05) is 0 Å². The minimum absolute atomic E-state index is 0.0625. The van der Waals surface area contributed by atoms with Gasteiger partial charge in [-0.15, -0.1) is 0 Å². The smallest absolute Gasteiger partial charge is 0.471 e. The molecular weight excluding hydrogens is 275 g/mol. The molecule has 3 saturated carbocycles. The van der Waals surface area contributed by atoms with Gasteiger partial charge in [-0.1, -0.05) is 0 Å². The van der Waals surface area contributed by atoms with E-state index < -0.39 is 18.1 Å². The van der Waals surface area contributed by atoms with E-state index in [-0.39, 0.29) is 22.8 Å². The van der Waals surface area contributed by atoms with E-state index in [1.807, 2.05) is 5.32 Å². The van der Waals surface area contributed by atoms with Crippen LogP contribution in [-0.4, -0.2) is 29.2 Å². The van der Waals surface area contributed by atoms with Crippen LogP contribution >= 0.6 is 0 Å². The van der Waals surface area contributed by atoms with Gasteiger partial charge >= 0.3 is 18.1 Å². The number of amides is 1. The molecule has 0 aliphatic heterocycles. The van der Waals surface area contributed by atoms with Crippen LogP contribution in [0.3, 0.4) is 0 Å². The third-order valence-electron chi connectivity index (χ3n) is 5.16. The fourth-order valence-corrected chi connectivity index (χ4v) is 4.63. The van der Waals surface area contributed by atoms with Crippen molar-refractivity contribution in [1.82, 2.24) is 5.32 Å². The number of halogens is 3. The van der Waals surface area contributed by atoms with Crippen molar-refractivity contribution >= 4 is 11.9 Å². The molecule has 20 heavy (non-hydrogen) atoms. The van der Waals surface area contributed by atoms with E-state index in [9.17, 15) is 22.8 Å². The molecule has 0 aromatic carbocycles. The summed E-state index contributed by atoms with van der Waals surface area (Å²) in [5, 5.41) is 10.9. The van der Waals surface area contributed by atoms with Crippen LogP contribution in [0.1, 0.15) is 38.5 Å². The Bertz CT molecular complexity index is 452. The highest BCUT2D eigenvalue weighted by Crippen LogP contribution is 2.72. The van der Waals surface area contributed by atoms with Crippen molar-refractivity contribution in [3.8, 4) is 0 Å². The summed E-state index contributed by atoms with van der Waals surface area (Å²) in [6.45, 7) is 0. The minimum atomic E-state index is -4.81. The Labute approximate surface area is 113 Å². The highest BCUT2D eigenvalue weighted by atomic mass is 19.4. The fraction of sp³-hybridized carbons (Fsp3) is 0.846. The molecule has 3 aliphatic carbocycles. The quantitative estimate of drug-likeness (QED) is 0.818. The molecule has 3 fully saturated rings. The second-order valence-corrected chi connectivity index (χ2v) is 6.87. The number of carbonyl (C=O) groups excluding carboxylic acids is 1. The predicted octanol–water partition coefficient (Wildman–Crippen LogP) is 2.09. The molecule has 1 amide bonds. The van der Waals surface area contributed by atoms with Crippen molar-refractivity contribution in [3.05, 3.63) is 0 Å². The summed E-state index contributed by atoms with van der Waals surface area (Å²) < 4.78 is 36.3. The maximum absolute atomic E-state index is 12.1. The molecule has 0 heterocycles. The normalized spacial score (nSPS) is 42.5. The number of hydrogen-bond donors (Lipinski definition) is 2. The number of rotatable bonds is 2. The number of carboxylic acids is 1. The van der Waals surface area contributed by atoms with Gasteiger partial charge in [0.2, 0.25) is 0 Å². The first-order chi connectivity index (χ1) is 9.13. The first kappa shape index (κ1) is 13.7. The molecule has 0 aromatic rings. The Hall–Kier alpha value is -1.27. The second kappa shape index (κ2) is 3.89. The maximum Gasteiger partial charge on any atom is 0.471 e. The lowest BCUT2D eigenvalue weighted by Crippen LogP contribution is -2.64. The van der Waals surface area contributed by atoms with Gasteiger partial charge in [-0.3, -0.25) is 9.59 Å². The summed E-state index contributed by atoms with van der Waals surface area (Å²) in [6, 6.07) is -0.378. The summed E-state index contributed by atoms with van der Waals surface area (Å²) in [4.78, 5) is 21.6. The zero-order valence-corrected chi connectivity index (χ0v) is 10.8. The second-order valence-electron chi connectivity index (χ2n) is 6.87. The van der Waals surface area contributed by atoms with Crippen LogP contribution in [-0.2, 0) is 9.59 Å². The first-order valence-electron chi connectivity index (χ1n) is 6.74. The van der Waals surface area contributed by atoms with Crippen molar-refractivity contribution in [3.63, 3.8) is 0 Å². The molecule has 4 nitrogen and oxygen atoms in total. The van der Waals surface area contributed by atoms with Gasteiger partial charge < -0.3 is 10.4 Å². The van der Waals surface area contributed by atoms with Crippen LogP contribution in [0.15, 0.2) is 0 Å². The largest absolute Gasteiger partial charge is 0.481 e. The van der Waals surface area contributed by atoms with E-state index in [2.05, 4.69) is 0 Å². The molecule has 112 valence electrons. The molecule has 0 saturated heterocycles. The zero-order chi connectivity index (χ0) is 14.8. The predicted molar refractivity (Wildman–Crippen MR) is 61.7 cm³/mol.